The zero-order valence-corrected chi connectivity index (χ0v) is 10.8. The fourth-order valence-corrected chi connectivity index (χ4v) is 1.82. The van der Waals surface area contributed by atoms with Crippen LogP contribution < -0.4 is 9.47 Å². The molecular formula is C12H13N3O4. The van der Waals surface area contributed by atoms with Gasteiger partial charge in [0.15, 0.2) is 0 Å². The molecule has 0 aliphatic carbocycles. The van der Waals surface area contributed by atoms with Gasteiger partial charge in [-0.15, -0.1) is 0 Å². The number of hydrogen-bond donors (Lipinski definition) is 0. The average Bonchev–Trinajstić information content (AvgIpc) is 2.83. The van der Waals surface area contributed by atoms with Gasteiger partial charge in [-0.25, -0.2) is 4.98 Å². The van der Waals surface area contributed by atoms with Crippen LogP contribution in [0, 0.1) is 10.1 Å². The van der Waals surface area contributed by atoms with Crippen molar-refractivity contribution in [1.29, 1.82) is 0 Å². The molecule has 100 valence electrons. The SMILES string of the molecule is COc1cc(OC)c([N+](=O)[O-])cc1-c1nccn1C. The van der Waals surface area contributed by atoms with Crippen LogP contribution in [-0.4, -0.2) is 28.7 Å². The van der Waals surface area contributed by atoms with Crippen molar-refractivity contribution in [1.82, 2.24) is 9.55 Å². The van der Waals surface area contributed by atoms with Crippen LogP contribution in [0.3, 0.4) is 0 Å². The van der Waals surface area contributed by atoms with E-state index >= 15 is 0 Å². The van der Waals surface area contributed by atoms with Crippen LogP contribution in [0.5, 0.6) is 11.5 Å². The molecule has 0 N–H and O–H groups in total. The number of benzene rings is 1. The van der Waals surface area contributed by atoms with Gasteiger partial charge in [-0.2, -0.15) is 0 Å². The molecule has 1 aromatic carbocycles. The molecule has 2 aromatic rings. The summed E-state index contributed by atoms with van der Waals surface area (Å²) < 4.78 is 12.0. The summed E-state index contributed by atoms with van der Waals surface area (Å²) in [5.41, 5.74) is 0.420. The molecule has 7 nitrogen and oxygen atoms in total. The summed E-state index contributed by atoms with van der Waals surface area (Å²) >= 11 is 0. The average molecular weight is 263 g/mol. The number of imidazole rings is 1. The number of aromatic nitrogens is 2. The van der Waals surface area contributed by atoms with Crippen molar-refractivity contribution < 1.29 is 14.4 Å². The Kier molecular flexibility index (Phi) is 3.37. The largest absolute Gasteiger partial charge is 0.496 e. The molecule has 2 rings (SSSR count). The van der Waals surface area contributed by atoms with Crippen molar-refractivity contribution in [3.63, 3.8) is 0 Å². The lowest BCUT2D eigenvalue weighted by molar-refractivity contribution is -0.385. The number of aryl methyl sites for hydroxylation is 1. The van der Waals surface area contributed by atoms with Crippen LogP contribution in [-0.2, 0) is 7.05 Å². The third kappa shape index (κ3) is 2.22. The summed E-state index contributed by atoms with van der Waals surface area (Å²) in [5.74, 6) is 1.21. The van der Waals surface area contributed by atoms with Gasteiger partial charge in [-0.05, 0) is 0 Å². The van der Waals surface area contributed by atoms with Crippen molar-refractivity contribution in [3.8, 4) is 22.9 Å². The van der Waals surface area contributed by atoms with Gasteiger partial charge in [0.25, 0.3) is 0 Å². The van der Waals surface area contributed by atoms with E-state index in [2.05, 4.69) is 4.98 Å². The van der Waals surface area contributed by atoms with Gasteiger partial charge >= 0.3 is 5.69 Å². The first kappa shape index (κ1) is 12.9. The quantitative estimate of drug-likeness (QED) is 0.622. The van der Waals surface area contributed by atoms with E-state index in [9.17, 15) is 10.1 Å². The topological polar surface area (TPSA) is 79.4 Å². The lowest BCUT2D eigenvalue weighted by Gasteiger charge is -2.10. The molecule has 0 aliphatic rings. The first-order chi connectivity index (χ1) is 9.08. The maximum absolute atomic E-state index is 11.0. The van der Waals surface area contributed by atoms with Crippen LogP contribution >= 0.6 is 0 Å². The first-order valence-electron chi connectivity index (χ1n) is 5.46. The van der Waals surface area contributed by atoms with E-state index in [1.165, 1.54) is 26.4 Å². The summed E-state index contributed by atoms with van der Waals surface area (Å²) in [6.45, 7) is 0. The molecule has 0 spiro atoms. The fourth-order valence-electron chi connectivity index (χ4n) is 1.82. The standard InChI is InChI=1S/C12H13N3O4/c1-14-5-4-13-12(14)8-6-9(15(16)17)11(19-3)7-10(8)18-2/h4-7H,1-3H3. The maximum atomic E-state index is 11.0. The minimum Gasteiger partial charge on any atom is -0.496 e. The molecule has 0 saturated heterocycles. The van der Waals surface area contributed by atoms with Crippen molar-refractivity contribution in [3.05, 3.63) is 34.6 Å². The van der Waals surface area contributed by atoms with Gasteiger partial charge in [0.2, 0.25) is 5.75 Å². The number of methoxy groups -OCH3 is 2. The highest BCUT2D eigenvalue weighted by atomic mass is 16.6. The zero-order chi connectivity index (χ0) is 14.0. The van der Waals surface area contributed by atoms with Crippen molar-refractivity contribution in [2.45, 2.75) is 0 Å². The number of nitro benzene ring substituents is 1. The van der Waals surface area contributed by atoms with Gasteiger partial charge in [0.05, 0.1) is 24.7 Å². The van der Waals surface area contributed by atoms with Crippen LogP contribution in [0.1, 0.15) is 0 Å². The Morgan fingerprint density at radius 2 is 1.95 bits per heavy atom. The van der Waals surface area contributed by atoms with Crippen molar-refractivity contribution >= 4 is 5.69 Å². The minimum absolute atomic E-state index is 0.124. The van der Waals surface area contributed by atoms with Gasteiger partial charge in [0, 0.05) is 31.6 Å². The summed E-state index contributed by atoms with van der Waals surface area (Å²) in [6.07, 6.45) is 3.37. The predicted octanol–water partition coefficient (Wildman–Crippen LogP) is 2.01. The summed E-state index contributed by atoms with van der Waals surface area (Å²) in [6, 6.07) is 2.89. The van der Waals surface area contributed by atoms with Gasteiger partial charge < -0.3 is 14.0 Å². The predicted molar refractivity (Wildman–Crippen MR) is 68.4 cm³/mol. The molecule has 7 heteroatoms. The Hall–Kier alpha value is -2.57. The van der Waals surface area contributed by atoms with E-state index in [0.29, 0.717) is 17.1 Å². The summed E-state index contributed by atoms with van der Waals surface area (Å²) in [7, 11) is 4.67. The number of hydrogen-bond acceptors (Lipinski definition) is 5. The van der Waals surface area contributed by atoms with Crippen LogP contribution in [0.15, 0.2) is 24.5 Å². The normalized spacial score (nSPS) is 10.3. The lowest BCUT2D eigenvalue weighted by atomic mass is 10.1. The molecule has 0 saturated carbocycles. The Morgan fingerprint density at radius 3 is 2.42 bits per heavy atom. The molecule has 0 aliphatic heterocycles. The van der Waals surface area contributed by atoms with E-state index in [1.54, 1.807) is 24.0 Å². The molecule has 1 heterocycles. The Labute approximate surface area is 109 Å². The second kappa shape index (κ2) is 4.97. The number of rotatable bonds is 4. The third-order valence-electron chi connectivity index (χ3n) is 2.76. The Balaban J connectivity index is 2.69. The molecule has 0 bridgehead atoms. The molecule has 0 radical (unpaired) electrons. The monoisotopic (exact) mass is 263 g/mol. The van der Waals surface area contributed by atoms with Crippen molar-refractivity contribution in [2.24, 2.45) is 7.05 Å². The van der Waals surface area contributed by atoms with Gasteiger partial charge in [-0.3, -0.25) is 10.1 Å². The van der Waals surface area contributed by atoms with Crippen LogP contribution in [0.4, 0.5) is 5.69 Å². The van der Waals surface area contributed by atoms with E-state index in [0.717, 1.165) is 0 Å². The van der Waals surface area contributed by atoms with Crippen molar-refractivity contribution in [2.75, 3.05) is 14.2 Å². The molecule has 0 unspecified atom stereocenters. The van der Waals surface area contributed by atoms with Gasteiger partial charge in [-0.1, -0.05) is 0 Å². The van der Waals surface area contributed by atoms with Gasteiger partial charge in [0.1, 0.15) is 11.6 Å². The molecule has 0 fully saturated rings. The summed E-state index contributed by atoms with van der Waals surface area (Å²) in [4.78, 5) is 14.7. The highest BCUT2D eigenvalue weighted by Gasteiger charge is 2.22. The Morgan fingerprint density at radius 1 is 1.26 bits per heavy atom. The second-order valence-corrected chi connectivity index (χ2v) is 3.84. The number of ether oxygens (including phenoxy) is 2. The highest BCUT2D eigenvalue weighted by molar-refractivity contribution is 5.71. The zero-order valence-electron chi connectivity index (χ0n) is 10.8. The number of nitrogens with zero attached hydrogens (tertiary/aromatic N) is 3. The second-order valence-electron chi connectivity index (χ2n) is 3.84. The molecule has 0 amide bonds. The molecule has 1 aromatic heterocycles. The van der Waals surface area contributed by atoms with Crippen LogP contribution in [0.2, 0.25) is 0 Å². The van der Waals surface area contributed by atoms with E-state index in [4.69, 9.17) is 9.47 Å². The lowest BCUT2D eigenvalue weighted by Crippen LogP contribution is -1.99. The smallest absolute Gasteiger partial charge is 0.311 e. The van der Waals surface area contributed by atoms with E-state index in [-0.39, 0.29) is 11.4 Å². The third-order valence-corrected chi connectivity index (χ3v) is 2.76. The number of nitro groups is 1. The Bertz CT molecular complexity index is 621. The summed E-state index contributed by atoms with van der Waals surface area (Å²) in [5, 5.41) is 11.0. The molecular weight excluding hydrogens is 250 g/mol. The highest BCUT2D eigenvalue weighted by Crippen LogP contribution is 2.38. The first-order valence-corrected chi connectivity index (χ1v) is 5.46. The molecule has 19 heavy (non-hydrogen) atoms. The maximum Gasteiger partial charge on any atom is 0.311 e. The fraction of sp³-hybridized carbons (Fsp3) is 0.250. The van der Waals surface area contributed by atoms with E-state index < -0.39 is 4.92 Å². The van der Waals surface area contributed by atoms with Crippen LogP contribution in [0.25, 0.3) is 11.4 Å². The van der Waals surface area contributed by atoms with E-state index in [1.807, 2.05) is 0 Å². The minimum atomic E-state index is -0.495. The molecule has 0 atom stereocenters.